The lowest BCUT2D eigenvalue weighted by molar-refractivity contribution is -0.124. The molecule has 2 aromatic rings. The topological polar surface area (TPSA) is 58.2 Å². The molecule has 0 fully saturated rings. The number of benzene rings is 2. The van der Waals surface area contributed by atoms with Gasteiger partial charge in [-0.25, -0.2) is 0 Å². The molecule has 0 bridgehead atoms. The molecule has 2 N–H and O–H groups in total. The number of halogens is 1. The van der Waals surface area contributed by atoms with Crippen molar-refractivity contribution in [3.8, 4) is 0 Å². The van der Waals surface area contributed by atoms with E-state index in [1.165, 1.54) is 0 Å². The maximum atomic E-state index is 12.5. The Morgan fingerprint density at radius 1 is 1.00 bits per heavy atom. The minimum absolute atomic E-state index is 0.0380. The van der Waals surface area contributed by atoms with Gasteiger partial charge < -0.3 is 10.6 Å². The summed E-state index contributed by atoms with van der Waals surface area (Å²) < 4.78 is 0. The molecule has 0 aromatic heterocycles. The normalized spacial score (nSPS) is 11.8. The zero-order valence-corrected chi connectivity index (χ0v) is 14.5. The highest BCUT2D eigenvalue weighted by atomic mass is 35.5. The van der Waals surface area contributed by atoms with Crippen LogP contribution in [0, 0.1) is 5.92 Å². The second-order valence-corrected chi connectivity index (χ2v) is 6.28. The molecule has 2 aromatic carbocycles. The zero-order chi connectivity index (χ0) is 17.5. The molecular weight excluding hydrogens is 324 g/mol. The van der Waals surface area contributed by atoms with E-state index in [9.17, 15) is 9.59 Å². The third kappa shape index (κ3) is 4.83. The van der Waals surface area contributed by atoms with Gasteiger partial charge >= 0.3 is 0 Å². The molecule has 1 unspecified atom stereocenters. The first-order chi connectivity index (χ1) is 11.5. The lowest BCUT2D eigenvalue weighted by Gasteiger charge is -2.22. The summed E-state index contributed by atoms with van der Waals surface area (Å²) in [7, 11) is 0. The molecule has 24 heavy (non-hydrogen) atoms. The average molecular weight is 345 g/mol. The van der Waals surface area contributed by atoms with E-state index in [0.29, 0.717) is 17.1 Å². The highest BCUT2D eigenvalue weighted by Gasteiger charge is 2.24. The molecule has 0 aliphatic rings. The Labute approximate surface area is 147 Å². The van der Waals surface area contributed by atoms with Gasteiger partial charge in [-0.05, 0) is 29.7 Å². The van der Waals surface area contributed by atoms with Gasteiger partial charge in [0.25, 0.3) is 5.91 Å². The van der Waals surface area contributed by atoms with E-state index in [1.807, 2.05) is 38.1 Å². The van der Waals surface area contributed by atoms with E-state index in [0.717, 1.165) is 5.56 Å². The van der Waals surface area contributed by atoms with Crippen LogP contribution in [0.5, 0.6) is 0 Å². The zero-order valence-electron chi connectivity index (χ0n) is 13.8. The second kappa shape index (κ2) is 8.50. The number of nitrogens with one attached hydrogen (secondary N) is 2. The van der Waals surface area contributed by atoms with Gasteiger partial charge in [-0.2, -0.15) is 0 Å². The Hall–Kier alpha value is -2.33. The number of amides is 2. The molecule has 0 saturated carbocycles. The Bertz CT molecular complexity index is 702. The SMILES string of the molecule is CC(C)C(NC(=O)c1ccccc1)C(=O)NCc1ccccc1Cl. The molecule has 0 spiro atoms. The molecule has 0 aliphatic carbocycles. The fourth-order valence-corrected chi connectivity index (χ4v) is 2.49. The van der Waals surface area contributed by atoms with Gasteiger partial charge in [-0.15, -0.1) is 0 Å². The van der Waals surface area contributed by atoms with Crippen LogP contribution in [0.1, 0.15) is 29.8 Å². The lowest BCUT2D eigenvalue weighted by atomic mass is 10.0. The molecule has 5 heteroatoms. The predicted octanol–water partition coefficient (Wildman–Crippen LogP) is 3.41. The number of rotatable bonds is 6. The van der Waals surface area contributed by atoms with Gasteiger partial charge in [0.05, 0.1) is 0 Å². The van der Waals surface area contributed by atoms with Crippen LogP contribution < -0.4 is 10.6 Å². The molecule has 0 saturated heterocycles. The molecular formula is C19H21ClN2O2. The minimum Gasteiger partial charge on any atom is -0.350 e. The van der Waals surface area contributed by atoms with Gasteiger partial charge in [0, 0.05) is 17.1 Å². The van der Waals surface area contributed by atoms with Crippen LogP contribution in [-0.4, -0.2) is 17.9 Å². The van der Waals surface area contributed by atoms with E-state index < -0.39 is 6.04 Å². The van der Waals surface area contributed by atoms with Crippen molar-refractivity contribution in [1.82, 2.24) is 10.6 Å². The van der Waals surface area contributed by atoms with Crippen LogP contribution in [-0.2, 0) is 11.3 Å². The van der Waals surface area contributed by atoms with Crippen molar-refractivity contribution in [2.45, 2.75) is 26.4 Å². The third-order valence-electron chi connectivity index (χ3n) is 3.68. The average Bonchev–Trinajstić information content (AvgIpc) is 2.59. The Balaban J connectivity index is 2.00. The van der Waals surface area contributed by atoms with Gasteiger partial charge in [-0.1, -0.05) is 61.8 Å². The van der Waals surface area contributed by atoms with Crippen molar-refractivity contribution in [3.05, 3.63) is 70.7 Å². The third-order valence-corrected chi connectivity index (χ3v) is 4.05. The van der Waals surface area contributed by atoms with Crippen LogP contribution in [0.25, 0.3) is 0 Å². The standard InChI is InChI=1S/C19H21ClN2O2/c1-13(2)17(22-18(23)14-8-4-3-5-9-14)19(24)21-12-15-10-6-7-11-16(15)20/h3-11,13,17H,12H2,1-2H3,(H,21,24)(H,22,23). The van der Waals surface area contributed by atoms with Crippen LogP contribution >= 0.6 is 11.6 Å². The molecule has 2 amide bonds. The number of hydrogen-bond acceptors (Lipinski definition) is 2. The molecule has 0 aliphatic heterocycles. The first-order valence-electron chi connectivity index (χ1n) is 7.86. The van der Waals surface area contributed by atoms with Crippen molar-refractivity contribution in [1.29, 1.82) is 0 Å². The number of hydrogen-bond donors (Lipinski definition) is 2. The van der Waals surface area contributed by atoms with Crippen LogP contribution in [0.2, 0.25) is 5.02 Å². The first kappa shape index (κ1) is 18.0. The lowest BCUT2D eigenvalue weighted by Crippen LogP contribution is -2.49. The largest absolute Gasteiger partial charge is 0.350 e. The van der Waals surface area contributed by atoms with E-state index in [2.05, 4.69) is 10.6 Å². The summed E-state index contributed by atoms with van der Waals surface area (Å²) in [5, 5.41) is 6.24. The van der Waals surface area contributed by atoms with E-state index in [-0.39, 0.29) is 17.7 Å². The Morgan fingerprint density at radius 2 is 1.62 bits per heavy atom. The van der Waals surface area contributed by atoms with Gasteiger partial charge in [0.2, 0.25) is 5.91 Å². The number of carbonyl (C=O) groups excluding carboxylic acids is 2. The first-order valence-corrected chi connectivity index (χ1v) is 8.24. The summed E-state index contributed by atoms with van der Waals surface area (Å²) >= 11 is 6.09. The van der Waals surface area contributed by atoms with Crippen molar-refractivity contribution >= 4 is 23.4 Å². The van der Waals surface area contributed by atoms with E-state index in [1.54, 1.807) is 30.3 Å². The van der Waals surface area contributed by atoms with Crippen molar-refractivity contribution in [2.75, 3.05) is 0 Å². The molecule has 126 valence electrons. The van der Waals surface area contributed by atoms with Gasteiger partial charge in [0.15, 0.2) is 0 Å². The fraction of sp³-hybridized carbons (Fsp3) is 0.263. The highest BCUT2D eigenvalue weighted by molar-refractivity contribution is 6.31. The van der Waals surface area contributed by atoms with Gasteiger partial charge in [0.1, 0.15) is 6.04 Å². The quantitative estimate of drug-likeness (QED) is 0.843. The highest BCUT2D eigenvalue weighted by Crippen LogP contribution is 2.14. The Kier molecular flexibility index (Phi) is 6.38. The van der Waals surface area contributed by atoms with Crippen LogP contribution in [0.4, 0.5) is 0 Å². The molecule has 1 atom stereocenters. The molecule has 0 heterocycles. The summed E-state index contributed by atoms with van der Waals surface area (Å²) in [6, 6.07) is 15.6. The summed E-state index contributed by atoms with van der Waals surface area (Å²) in [6.45, 7) is 4.11. The summed E-state index contributed by atoms with van der Waals surface area (Å²) in [5.74, 6) is -0.527. The van der Waals surface area contributed by atoms with E-state index in [4.69, 9.17) is 11.6 Å². The van der Waals surface area contributed by atoms with Gasteiger partial charge in [-0.3, -0.25) is 9.59 Å². The summed E-state index contributed by atoms with van der Waals surface area (Å²) in [6.07, 6.45) is 0. The van der Waals surface area contributed by atoms with Crippen molar-refractivity contribution < 1.29 is 9.59 Å². The maximum absolute atomic E-state index is 12.5. The monoisotopic (exact) mass is 344 g/mol. The molecule has 2 rings (SSSR count). The molecule has 0 radical (unpaired) electrons. The summed E-state index contributed by atoms with van der Waals surface area (Å²) in [5.41, 5.74) is 1.37. The van der Waals surface area contributed by atoms with Crippen molar-refractivity contribution in [3.63, 3.8) is 0 Å². The predicted molar refractivity (Wildman–Crippen MR) is 95.8 cm³/mol. The van der Waals surface area contributed by atoms with Crippen LogP contribution in [0.3, 0.4) is 0 Å². The Morgan fingerprint density at radius 3 is 2.25 bits per heavy atom. The van der Waals surface area contributed by atoms with Crippen molar-refractivity contribution in [2.24, 2.45) is 5.92 Å². The van der Waals surface area contributed by atoms with E-state index >= 15 is 0 Å². The fourth-order valence-electron chi connectivity index (χ4n) is 2.28. The molecule has 4 nitrogen and oxygen atoms in total. The summed E-state index contributed by atoms with van der Waals surface area (Å²) in [4.78, 5) is 24.7. The second-order valence-electron chi connectivity index (χ2n) is 5.87. The van der Waals surface area contributed by atoms with Crippen LogP contribution in [0.15, 0.2) is 54.6 Å². The maximum Gasteiger partial charge on any atom is 0.251 e. The number of carbonyl (C=O) groups is 2. The smallest absolute Gasteiger partial charge is 0.251 e. The minimum atomic E-state index is -0.611.